The third-order valence-corrected chi connectivity index (χ3v) is 5.82. The van der Waals surface area contributed by atoms with Crippen molar-refractivity contribution in [2.24, 2.45) is 22.2 Å². The number of para-hydroxylation sites is 1. The summed E-state index contributed by atoms with van der Waals surface area (Å²) in [5.41, 5.74) is 19.6. The first-order chi connectivity index (χ1) is 17.4. The zero-order chi connectivity index (χ0) is 25.9. The van der Waals surface area contributed by atoms with Crippen LogP contribution in [0.3, 0.4) is 0 Å². The maximum absolute atomic E-state index is 13.1. The van der Waals surface area contributed by atoms with E-state index in [1.54, 1.807) is 0 Å². The number of guanidine groups is 1. The van der Waals surface area contributed by atoms with Crippen LogP contribution in [-0.4, -0.2) is 53.7 Å². The van der Waals surface area contributed by atoms with E-state index in [0.29, 0.717) is 32.1 Å². The van der Waals surface area contributed by atoms with Gasteiger partial charge < -0.3 is 37.6 Å². The summed E-state index contributed by atoms with van der Waals surface area (Å²) >= 11 is 0. The Morgan fingerprint density at radius 3 is 2.42 bits per heavy atom. The molecule has 0 fully saturated rings. The molecule has 190 valence electrons. The number of benzene rings is 2. The largest absolute Gasteiger partial charge is 0.370 e. The molecule has 10 nitrogen and oxygen atoms in total. The number of nitrogens with two attached hydrogens (primary N) is 3. The number of rotatable bonds is 13. The first-order valence-corrected chi connectivity index (χ1v) is 11.8. The summed E-state index contributed by atoms with van der Waals surface area (Å²) in [5, 5.41) is 6.46. The van der Waals surface area contributed by atoms with Crippen molar-refractivity contribution in [1.82, 2.24) is 15.6 Å². The van der Waals surface area contributed by atoms with Gasteiger partial charge >= 0.3 is 0 Å². The van der Waals surface area contributed by atoms with Crippen LogP contribution in [0, 0.1) is 0 Å². The van der Waals surface area contributed by atoms with E-state index in [9.17, 15) is 14.4 Å². The number of amides is 2. The van der Waals surface area contributed by atoms with Gasteiger partial charge in [0.05, 0.1) is 12.1 Å². The highest BCUT2D eigenvalue weighted by Gasteiger charge is 2.26. The topological polar surface area (TPSA) is 181 Å². The van der Waals surface area contributed by atoms with Crippen molar-refractivity contribution < 1.29 is 14.4 Å². The smallest absolute Gasteiger partial charge is 0.243 e. The molecule has 0 bridgehead atoms. The molecule has 0 aliphatic rings. The molecule has 3 aromatic rings. The van der Waals surface area contributed by atoms with Gasteiger partial charge in [0.25, 0.3) is 0 Å². The Labute approximate surface area is 209 Å². The second kappa shape index (κ2) is 13.1. The van der Waals surface area contributed by atoms with Crippen LogP contribution in [-0.2, 0) is 27.2 Å². The predicted molar refractivity (Wildman–Crippen MR) is 140 cm³/mol. The van der Waals surface area contributed by atoms with Crippen LogP contribution >= 0.6 is 0 Å². The maximum atomic E-state index is 13.1. The fourth-order valence-corrected chi connectivity index (χ4v) is 3.97. The Morgan fingerprint density at radius 2 is 1.69 bits per heavy atom. The molecule has 10 heteroatoms. The fourth-order valence-electron chi connectivity index (χ4n) is 3.97. The summed E-state index contributed by atoms with van der Waals surface area (Å²) < 4.78 is 0. The second-order valence-electron chi connectivity index (χ2n) is 8.62. The SMILES string of the molecule is NC(N)=NCCC[C@H](NC(=O)[C@@H](N)Cc1ccccc1)C(=O)N[C@H](C=O)Cc1c[nH]c2ccccc12. The lowest BCUT2D eigenvalue weighted by atomic mass is 10.0. The maximum Gasteiger partial charge on any atom is 0.243 e. The molecule has 2 amide bonds. The van der Waals surface area contributed by atoms with E-state index in [0.717, 1.165) is 22.0 Å². The molecule has 36 heavy (non-hydrogen) atoms. The summed E-state index contributed by atoms with van der Waals surface area (Å²) in [7, 11) is 0. The molecule has 0 aliphatic heterocycles. The van der Waals surface area contributed by atoms with Crippen LogP contribution in [0.5, 0.6) is 0 Å². The number of H-pyrrole nitrogens is 1. The van der Waals surface area contributed by atoms with Crippen LogP contribution in [0.4, 0.5) is 0 Å². The predicted octanol–water partition coefficient (Wildman–Crippen LogP) is 0.503. The summed E-state index contributed by atoms with van der Waals surface area (Å²) in [6.45, 7) is 0.296. The standard InChI is InChI=1S/C26H33N7O3/c27-21(13-17-7-2-1-3-8-17)24(35)33-23(11-6-12-30-26(28)29)25(36)32-19(16-34)14-18-15-31-22-10-5-4-9-20(18)22/h1-5,7-10,15-16,19,21,23,31H,6,11-14,27H2,(H,32,36)(H,33,35)(H4,28,29,30)/t19-,21-,23-/m0/s1. The Balaban J connectivity index is 1.66. The van der Waals surface area contributed by atoms with Gasteiger partial charge in [-0.05, 0) is 36.5 Å². The molecule has 0 aliphatic carbocycles. The number of aromatic amines is 1. The Morgan fingerprint density at radius 1 is 0.972 bits per heavy atom. The summed E-state index contributed by atoms with van der Waals surface area (Å²) in [4.78, 5) is 44.8. The summed E-state index contributed by atoms with van der Waals surface area (Å²) in [6.07, 6.45) is 3.86. The number of hydrogen-bond donors (Lipinski definition) is 6. The molecule has 3 rings (SSSR count). The minimum Gasteiger partial charge on any atom is -0.370 e. The lowest BCUT2D eigenvalue weighted by Gasteiger charge is -2.22. The van der Waals surface area contributed by atoms with Gasteiger partial charge in [0.1, 0.15) is 12.3 Å². The fraction of sp³-hybridized carbons (Fsp3) is 0.308. The van der Waals surface area contributed by atoms with Crippen LogP contribution in [0.15, 0.2) is 65.8 Å². The van der Waals surface area contributed by atoms with Gasteiger partial charge in [-0.25, -0.2) is 0 Å². The normalized spacial score (nSPS) is 13.4. The number of nitrogens with one attached hydrogen (secondary N) is 3. The Kier molecular flexibility index (Phi) is 9.58. The number of carbonyl (C=O) groups excluding carboxylic acids is 3. The zero-order valence-electron chi connectivity index (χ0n) is 20.0. The number of hydrogen-bond acceptors (Lipinski definition) is 5. The van der Waals surface area contributed by atoms with Gasteiger partial charge in [-0.1, -0.05) is 48.5 Å². The van der Waals surface area contributed by atoms with E-state index in [1.165, 1.54) is 0 Å². The van der Waals surface area contributed by atoms with Gasteiger partial charge in [-0.2, -0.15) is 0 Å². The van der Waals surface area contributed by atoms with Gasteiger partial charge in [-0.3, -0.25) is 14.6 Å². The minimum atomic E-state index is -0.904. The van der Waals surface area contributed by atoms with E-state index in [1.807, 2.05) is 60.8 Å². The zero-order valence-corrected chi connectivity index (χ0v) is 20.0. The summed E-state index contributed by atoms with van der Waals surface area (Å²) in [6, 6.07) is 14.6. The van der Waals surface area contributed by atoms with E-state index in [2.05, 4.69) is 20.6 Å². The second-order valence-corrected chi connectivity index (χ2v) is 8.62. The highest BCUT2D eigenvalue weighted by Crippen LogP contribution is 2.19. The minimum absolute atomic E-state index is 0.0512. The highest BCUT2D eigenvalue weighted by atomic mass is 16.2. The van der Waals surface area contributed by atoms with E-state index in [4.69, 9.17) is 17.2 Å². The molecule has 9 N–H and O–H groups in total. The molecule has 0 spiro atoms. The third kappa shape index (κ3) is 7.67. The molecule has 3 atom stereocenters. The van der Waals surface area contributed by atoms with E-state index in [-0.39, 0.29) is 12.4 Å². The Hall–Kier alpha value is -4.18. The van der Waals surface area contributed by atoms with Crippen molar-refractivity contribution in [3.63, 3.8) is 0 Å². The van der Waals surface area contributed by atoms with Crippen molar-refractivity contribution in [2.45, 2.75) is 43.8 Å². The summed E-state index contributed by atoms with van der Waals surface area (Å²) in [5.74, 6) is -0.985. The van der Waals surface area contributed by atoms with Crippen LogP contribution in [0.25, 0.3) is 10.9 Å². The number of fused-ring (bicyclic) bond motifs is 1. The van der Waals surface area contributed by atoms with E-state index < -0.39 is 29.9 Å². The van der Waals surface area contributed by atoms with Gasteiger partial charge in [0.2, 0.25) is 11.8 Å². The van der Waals surface area contributed by atoms with Crippen LogP contribution < -0.4 is 27.8 Å². The highest BCUT2D eigenvalue weighted by molar-refractivity contribution is 5.91. The van der Waals surface area contributed by atoms with Crippen molar-refractivity contribution in [3.05, 3.63) is 71.9 Å². The number of aromatic nitrogens is 1. The molecule has 1 heterocycles. The first kappa shape index (κ1) is 26.4. The molecule has 1 aromatic heterocycles. The molecule has 0 saturated heterocycles. The van der Waals surface area contributed by atoms with Gasteiger partial charge in [0, 0.05) is 30.1 Å². The molecule has 0 radical (unpaired) electrons. The van der Waals surface area contributed by atoms with Gasteiger partial charge in [0.15, 0.2) is 5.96 Å². The molecule has 0 saturated carbocycles. The lowest BCUT2D eigenvalue weighted by Crippen LogP contribution is -2.54. The molecular weight excluding hydrogens is 458 g/mol. The molecule has 0 unspecified atom stereocenters. The number of aliphatic imine (C=N–C) groups is 1. The Bertz CT molecular complexity index is 1190. The average Bonchev–Trinajstić information content (AvgIpc) is 3.28. The third-order valence-electron chi connectivity index (χ3n) is 5.82. The van der Waals surface area contributed by atoms with Crippen molar-refractivity contribution in [1.29, 1.82) is 0 Å². The monoisotopic (exact) mass is 491 g/mol. The van der Waals surface area contributed by atoms with Crippen LogP contribution in [0.2, 0.25) is 0 Å². The van der Waals surface area contributed by atoms with E-state index >= 15 is 0 Å². The van der Waals surface area contributed by atoms with Crippen molar-refractivity contribution in [2.75, 3.05) is 6.54 Å². The number of aldehydes is 1. The molecular formula is C26H33N7O3. The van der Waals surface area contributed by atoms with Gasteiger partial charge in [-0.15, -0.1) is 0 Å². The molecule has 2 aromatic carbocycles. The number of carbonyl (C=O) groups is 3. The van der Waals surface area contributed by atoms with Crippen LogP contribution in [0.1, 0.15) is 24.0 Å². The van der Waals surface area contributed by atoms with Crippen molar-refractivity contribution >= 4 is 35.0 Å². The lowest BCUT2D eigenvalue weighted by molar-refractivity contribution is -0.130. The average molecular weight is 492 g/mol. The van der Waals surface area contributed by atoms with Crippen molar-refractivity contribution in [3.8, 4) is 0 Å². The first-order valence-electron chi connectivity index (χ1n) is 11.8. The number of nitrogens with zero attached hydrogens (tertiary/aromatic N) is 1. The quantitative estimate of drug-likeness (QED) is 0.0876.